The van der Waals surface area contributed by atoms with E-state index in [4.69, 9.17) is 9.90 Å². The zero-order chi connectivity index (χ0) is 26.8. The number of phenolic OH excluding ortho intramolecular Hbond substituents is 1. The molecule has 37 heavy (non-hydrogen) atoms. The molecule has 0 amide bonds. The molecule has 1 aliphatic rings. The van der Waals surface area contributed by atoms with Crippen LogP contribution in [0, 0.1) is 0 Å². The van der Waals surface area contributed by atoms with Gasteiger partial charge in [-0.15, -0.1) is 10.2 Å². The fourth-order valence-corrected chi connectivity index (χ4v) is 5.14. The lowest BCUT2D eigenvalue weighted by Gasteiger charge is -2.48. The van der Waals surface area contributed by atoms with Gasteiger partial charge in [0.25, 0.3) is 6.47 Å². The smallest absolute Gasteiger partial charge is 0.290 e. The zero-order valence-corrected chi connectivity index (χ0v) is 21.6. The Kier molecular flexibility index (Phi) is 7.08. The lowest BCUT2D eigenvalue weighted by Crippen LogP contribution is -2.62. The van der Waals surface area contributed by atoms with Gasteiger partial charge in [0.1, 0.15) is 17.0 Å². The van der Waals surface area contributed by atoms with E-state index in [1.54, 1.807) is 30.7 Å². The maximum absolute atomic E-state index is 10.7. The number of nitrogens with zero attached hydrogens (tertiary/aromatic N) is 6. The second-order valence-electron chi connectivity index (χ2n) is 10.5. The summed E-state index contributed by atoms with van der Waals surface area (Å²) in [5.41, 5.74) is 4.09. The predicted molar refractivity (Wildman–Crippen MR) is 141 cm³/mol. The molecule has 11 heteroatoms. The Bertz CT molecular complexity index is 1370. The Balaban J connectivity index is 0.00000102. The first-order valence-corrected chi connectivity index (χ1v) is 12.0. The summed E-state index contributed by atoms with van der Waals surface area (Å²) in [5.74, 6) is 0.668. The summed E-state index contributed by atoms with van der Waals surface area (Å²) in [6, 6.07) is 7.52. The Morgan fingerprint density at radius 2 is 1.70 bits per heavy atom. The zero-order valence-electron chi connectivity index (χ0n) is 21.6. The van der Waals surface area contributed by atoms with Crippen molar-refractivity contribution in [3.05, 3.63) is 42.9 Å². The summed E-state index contributed by atoms with van der Waals surface area (Å²) in [7, 11) is 2.02. The quantitative estimate of drug-likeness (QED) is 0.303. The summed E-state index contributed by atoms with van der Waals surface area (Å²) in [4.78, 5) is 27.0. The minimum Gasteiger partial charge on any atom is -0.507 e. The molecule has 0 radical (unpaired) electrons. The molecule has 194 valence electrons. The molecule has 1 aromatic carbocycles. The van der Waals surface area contributed by atoms with Crippen LogP contribution in [0.3, 0.4) is 0 Å². The standard InChI is InChI=1S/C25H30N8O.CH2O2/c1-24(2)11-16(12-25(3,4)32-24)33(5)23-28-14-20(30-31-23)17-7-6-15(10-21(17)34)19-13-27-22-18(29-19)8-9-26-22;2-1-3/h6-10,13-14,16,32,34H,11-12H2,1-5H3,(H,26,27);1H,(H,2,3). The van der Waals surface area contributed by atoms with Gasteiger partial charge in [0.2, 0.25) is 5.95 Å². The van der Waals surface area contributed by atoms with E-state index in [0.29, 0.717) is 28.9 Å². The normalized spacial score (nSPS) is 16.6. The molecular weight excluding hydrogens is 472 g/mol. The van der Waals surface area contributed by atoms with Crippen LogP contribution in [0.5, 0.6) is 5.75 Å². The van der Waals surface area contributed by atoms with Crippen molar-refractivity contribution in [3.8, 4) is 28.3 Å². The molecule has 4 aromatic rings. The number of aromatic nitrogens is 6. The van der Waals surface area contributed by atoms with Crippen LogP contribution < -0.4 is 10.2 Å². The van der Waals surface area contributed by atoms with Gasteiger partial charge in [0, 0.05) is 41.5 Å². The molecule has 3 aromatic heterocycles. The van der Waals surface area contributed by atoms with Crippen molar-refractivity contribution in [2.75, 3.05) is 11.9 Å². The van der Waals surface area contributed by atoms with E-state index in [1.165, 1.54) is 0 Å². The van der Waals surface area contributed by atoms with Gasteiger partial charge in [0.05, 0.1) is 18.1 Å². The molecular formula is C26H32N8O3. The molecule has 1 aliphatic heterocycles. The highest BCUT2D eigenvalue weighted by atomic mass is 16.3. The van der Waals surface area contributed by atoms with Crippen LogP contribution in [0.1, 0.15) is 40.5 Å². The van der Waals surface area contributed by atoms with Crippen LogP contribution in [-0.4, -0.2) is 71.0 Å². The maximum Gasteiger partial charge on any atom is 0.290 e. The monoisotopic (exact) mass is 504 g/mol. The lowest BCUT2D eigenvalue weighted by atomic mass is 9.79. The molecule has 4 N–H and O–H groups in total. The summed E-state index contributed by atoms with van der Waals surface area (Å²) in [5, 5.41) is 30.1. The second-order valence-corrected chi connectivity index (χ2v) is 10.5. The van der Waals surface area contributed by atoms with Crippen LogP contribution >= 0.6 is 0 Å². The van der Waals surface area contributed by atoms with E-state index >= 15 is 0 Å². The average Bonchev–Trinajstić information content (AvgIpc) is 3.30. The molecule has 4 heterocycles. The van der Waals surface area contributed by atoms with E-state index in [0.717, 1.165) is 29.6 Å². The predicted octanol–water partition coefficient (Wildman–Crippen LogP) is 3.63. The van der Waals surface area contributed by atoms with Crippen LogP contribution in [0.15, 0.2) is 42.9 Å². The summed E-state index contributed by atoms with van der Waals surface area (Å²) in [6.45, 7) is 8.66. The molecule has 0 saturated carbocycles. The second kappa shape index (κ2) is 10.1. The highest BCUT2D eigenvalue weighted by Gasteiger charge is 2.39. The Morgan fingerprint density at radius 3 is 2.32 bits per heavy atom. The number of carboxylic acid groups (broad SMARTS) is 1. The van der Waals surface area contributed by atoms with Crippen molar-refractivity contribution >= 4 is 23.6 Å². The van der Waals surface area contributed by atoms with Gasteiger partial charge in [-0.25, -0.2) is 15.0 Å². The third-order valence-corrected chi connectivity index (χ3v) is 6.41. The van der Waals surface area contributed by atoms with E-state index < -0.39 is 0 Å². The average molecular weight is 505 g/mol. The first-order chi connectivity index (χ1) is 17.5. The van der Waals surface area contributed by atoms with Crippen LogP contribution in [0.4, 0.5) is 5.95 Å². The number of carbonyl (C=O) groups is 1. The molecule has 0 bridgehead atoms. The summed E-state index contributed by atoms with van der Waals surface area (Å²) < 4.78 is 0. The van der Waals surface area contributed by atoms with Crippen molar-refractivity contribution in [2.24, 2.45) is 0 Å². The van der Waals surface area contributed by atoms with Crippen LogP contribution in [-0.2, 0) is 4.79 Å². The molecule has 1 fully saturated rings. The Morgan fingerprint density at radius 1 is 1.03 bits per heavy atom. The third-order valence-electron chi connectivity index (χ3n) is 6.41. The molecule has 1 saturated heterocycles. The molecule has 5 rings (SSSR count). The van der Waals surface area contributed by atoms with Gasteiger partial charge in [-0.1, -0.05) is 6.07 Å². The number of hydrogen-bond donors (Lipinski definition) is 4. The number of benzene rings is 1. The van der Waals surface area contributed by atoms with Crippen molar-refractivity contribution in [1.82, 2.24) is 35.5 Å². The fraction of sp³-hybridized carbons (Fsp3) is 0.385. The van der Waals surface area contributed by atoms with Gasteiger partial charge in [-0.05, 0) is 58.7 Å². The number of aromatic hydroxyl groups is 1. The highest BCUT2D eigenvalue weighted by molar-refractivity contribution is 5.76. The third kappa shape index (κ3) is 5.83. The summed E-state index contributed by atoms with van der Waals surface area (Å²) >= 11 is 0. The van der Waals surface area contributed by atoms with Crippen molar-refractivity contribution < 1.29 is 15.0 Å². The molecule has 0 atom stereocenters. The maximum atomic E-state index is 10.7. The minimum atomic E-state index is -0.250. The van der Waals surface area contributed by atoms with Crippen LogP contribution in [0.2, 0.25) is 0 Å². The van der Waals surface area contributed by atoms with Gasteiger partial charge in [-0.3, -0.25) is 4.79 Å². The van der Waals surface area contributed by atoms with E-state index in [-0.39, 0.29) is 23.3 Å². The van der Waals surface area contributed by atoms with Gasteiger partial charge in [0.15, 0.2) is 5.65 Å². The highest BCUT2D eigenvalue weighted by Crippen LogP contribution is 2.34. The number of anilines is 1. The lowest BCUT2D eigenvalue weighted by molar-refractivity contribution is -0.122. The summed E-state index contributed by atoms with van der Waals surface area (Å²) in [6.07, 6.45) is 7.11. The largest absolute Gasteiger partial charge is 0.507 e. The molecule has 0 aliphatic carbocycles. The Hall–Kier alpha value is -4.12. The van der Waals surface area contributed by atoms with Crippen molar-refractivity contribution in [1.29, 1.82) is 0 Å². The van der Waals surface area contributed by atoms with E-state index in [2.05, 4.69) is 68.0 Å². The SMILES string of the molecule is CN(c1ncc(-c2ccc(-c3cnc4[nH]ccc4n3)cc2O)nn1)C1CC(C)(C)NC(C)(C)C1.O=CO. The first-order valence-electron chi connectivity index (χ1n) is 12.0. The molecule has 11 nitrogen and oxygen atoms in total. The number of piperidine rings is 1. The van der Waals surface area contributed by atoms with Gasteiger partial charge >= 0.3 is 0 Å². The number of H-pyrrole nitrogens is 1. The van der Waals surface area contributed by atoms with Crippen molar-refractivity contribution in [2.45, 2.75) is 57.7 Å². The number of phenols is 1. The van der Waals surface area contributed by atoms with E-state index in [9.17, 15) is 5.11 Å². The fourth-order valence-electron chi connectivity index (χ4n) is 5.14. The topological polar surface area (TPSA) is 153 Å². The number of aromatic amines is 1. The van der Waals surface area contributed by atoms with Gasteiger partial charge < -0.3 is 25.4 Å². The first kappa shape index (κ1) is 26.0. The van der Waals surface area contributed by atoms with Gasteiger partial charge in [-0.2, -0.15) is 0 Å². The number of hydrogen-bond acceptors (Lipinski definition) is 9. The minimum absolute atomic E-state index is 0.0254. The Labute approximate surface area is 215 Å². The van der Waals surface area contributed by atoms with Crippen molar-refractivity contribution in [3.63, 3.8) is 0 Å². The number of nitrogens with one attached hydrogen (secondary N) is 2. The number of rotatable bonds is 4. The molecule has 0 unspecified atom stereocenters. The molecule has 0 spiro atoms. The number of fused-ring (bicyclic) bond motifs is 1. The van der Waals surface area contributed by atoms with Crippen LogP contribution in [0.25, 0.3) is 33.7 Å². The van der Waals surface area contributed by atoms with E-state index in [1.807, 2.05) is 19.2 Å².